The van der Waals surface area contributed by atoms with Crippen LogP contribution in [0.4, 0.5) is 0 Å². The summed E-state index contributed by atoms with van der Waals surface area (Å²) in [7, 11) is 2.35. The molecule has 0 amide bonds. The van der Waals surface area contributed by atoms with Gasteiger partial charge >= 0.3 is 11.9 Å². The molecule has 1 unspecified atom stereocenters. The van der Waals surface area contributed by atoms with Crippen molar-refractivity contribution in [2.24, 2.45) is 0 Å². The fourth-order valence-corrected chi connectivity index (χ4v) is 4.05. The van der Waals surface area contributed by atoms with Gasteiger partial charge in [0, 0.05) is 17.7 Å². The average molecular weight is 438 g/mol. The van der Waals surface area contributed by atoms with E-state index < -0.39 is 22.7 Å². The van der Waals surface area contributed by atoms with E-state index in [1.165, 1.54) is 28.3 Å². The van der Waals surface area contributed by atoms with Crippen molar-refractivity contribution < 1.29 is 37.5 Å². The molecule has 2 aromatic carbocycles. The molecule has 0 aliphatic carbocycles. The lowest BCUT2D eigenvalue weighted by atomic mass is 10.1. The summed E-state index contributed by atoms with van der Waals surface area (Å²) < 4.78 is 40.1. The largest absolute Gasteiger partial charge is 0.490 e. The van der Waals surface area contributed by atoms with Gasteiger partial charge in [-0.1, -0.05) is 25.5 Å². The van der Waals surface area contributed by atoms with Crippen LogP contribution in [0.15, 0.2) is 23.1 Å². The van der Waals surface area contributed by atoms with E-state index >= 15 is 0 Å². The maximum atomic E-state index is 13.0. The highest BCUT2D eigenvalue weighted by Gasteiger charge is 2.28. The Morgan fingerprint density at radius 2 is 1.67 bits per heavy atom. The lowest BCUT2D eigenvalue weighted by Gasteiger charge is -2.21. The Morgan fingerprint density at radius 3 is 2.23 bits per heavy atom. The van der Waals surface area contributed by atoms with Gasteiger partial charge in [-0.3, -0.25) is 13.8 Å². The van der Waals surface area contributed by atoms with Gasteiger partial charge in [0.25, 0.3) is 0 Å². The molecule has 30 heavy (non-hydrogen) atoms. The van der Waals surface area contributed by atoms with Crippen LogP contribution in [0.3, 0.4) is 0 Å². The highest BCUT2D eigenvalue weighted by Crippen LogP contribution is 2.52. The summed E-state index contributed by atoms with van der Waals surface area (Å²) in [4.78, 5) is 23.8. The molecule has 2 aromatic rings. The number of rotatable bonds is 10. The van der Waals surface area contributed by atoms with E-state index in [1.807, 2.05) is 6.92 Å². The second kappa shape index (κ2) is 10.8. The topological polar surface area (TPSA) is 97.4 Å². The molecule has 0 saturated carbocycles. The maximum Gasteiger partial charge on any atom is 0.318 e. The summed E-state index contributed by atoms with van der Waals surface area (Å²) in [6, 6.07) is 4.97. The number of ether oxygens (including phenoxy) is 5. The predicted molar refractivity (Wildman–Crippen MR) is 112 cm³/mol. The van der Waals surface area contributed by atoms with Gasteiger partial charge in [0.1, 0.15) is 5.75 Å². The predicted octanol–water partition coefficient (Wildman–Crippen LogP) is 3.24. The fourth-order valence-electron chi connectivity index (χ4n) is 2.90. The number of carbonyl (C=O) groups excluding carboxylic acids is 2. The van der Waals surface area contributed by atoms with E-state index in [9.17, 15) is 13.8 Å². The van der Waals surface area contributed by atoms with Crippen molar-refractivity contribution in [3.05, 3.63) is 18.2 Å². The van der Waals surface area contributed by atoms with Crippen LogP contribution in [-0.4, -0.2) is 49.8 Å². The Morgan fingerprint density at radius 1 is 1.00 bits per heavy atom. The van der Waals surface area contributed by atoms with Crippen LogP contribution < -0.4 is 18.9 Å². The van der Waals surface area contributed by atoms with Gasteiger partial charge in [-0.25, -0.2) is 0 Å². The van der Waals surface area contributed by atoms with Gasteiger partial charge in [0.2, 0.25) is 11.5 Å². The number of esters is 2. The molecular formula is C21H26O8S. The van der Waals surface area contributed by atoms with Crippen LogP contribution in [0.5, 0.6) is 23.0 Å². The molecule has 0 aliphatic heterocycles. The standard InChI is InChI=1S/C21H26O8S/c1-6-7-11-28-19-17-14(9-8-10-15(17)30(24)12-16(23)25-3)18(29-13(2)22)20(26-4)21(19)27-5/h8-10H,6-7,11-12H2,1-5H3. The Labute approximate surface area is 177 Å². The molecule has 0 heterocycles. The molecule has 1 atom stereocenters. The lowest BCUT2D eigenvalue weighted by Crippen LogP contribution is -2.13. The van der Waals surface area contributed by atoms with Crippen molar-refractivity contribution in [3.63, 3.8) is 0 Å². The summed E-state index contributed by atoms with van der Waals surface area (Å²) in [6.07, 6.45) is 1.69. The number of hydrogen-bond donors (Lipinski definition) is 0. The zero-order chi connectivity index (χ0) is 22.3. The summed E-state index contributed by atoms with van der Waals surface area (Å²) in [6.45, 7) is 3.68. The van der Waals surface area contributed by atoms with E-state index in [-0.39, 0.29) is 23.0 Å². The summed E-state index contributed by atoms with van der Waals surface area (Å²) in [5.41, 5.74) is 0. The molecule has 0 bridgehead atoms. The number of hydrogen-bond acceptors (Lipinski definition) is 8. The number of methoxy groups -OCH3 is 3. The molecule has 0 fully saturated rings. The van der Waals surface area contributed by atoms with Crippen molar-refractivity contribution in [2.75, 3.05) is 33.7 Å². The molecular weight excluding hydrogens is 412 g/mol. The Bertz CT molecular complexity index is 954. The van der Waals surface area contributed by atoms with Gasteiger partial charge in [-0.2, -0.15) is 0 Å². The molecule has 0 aromatic heterocycles. The molecule has 0 saturated heterocycles. The minimum atomic E-state index is -1.74. The second-order valence-electron chi connectivity index (χ2n) is 6.27. The first-order chi connectivity index (χ1) is 14.4. The Balaban J connectivity index is 2.87. The quantitative estimate of drug-likeness (QED) is 0.317. The van der Waals surface area contributed by atoms with E-state index in [2.05, 4.69) is 4.74 Å². The van der Waals surface area contributed by atoms with Gasteiger partial charge < -0.3 is 23.7 Å². The second-order valence-corrected chi connectivity index (χ2v) is 7.68. The zero-order valence-electron chi connectivity index (χ0n) is 17.7. The third-order valence-electron chi connectivity index (χ3n) is 4.24. The van der Waals surface area contributed by atoms with Crippen LogP contribution in [-0.2, 0) is 25.1 Å². The fraction of sp³-hybridized carbons (Fsp3) is 0.429. The number of benzene rings is 2. The Kier molecular flexibility index (Phi) is 8.46. The number of fused-ring (bicyclic) bond motifs is 1. The van der Waals surface area contributed by atoms with E-state index in [1.54, 1.807) is 18.2 Å². The summed E-state index contributed by atoms with van der Waals surface area (Å²) in [5.74, 6) is -0.681. The zero-order valence-corrected chi connectivity index (χ0v) is 18.6. The molecule has 0 spiro atoms. The highest BCUT2D eigenvalue weighted by molar-refractivity contribution is 7.86. The first kappa shape index (κ1) is 23.5. The highest BCUT2D eigenvalue weighted by atomic mass is 32.2. The van der Waals surface area contributed by atoms with E-state index in [0.717, 1.165) is 12.8 Å². The van der Waals surface area contributed by atoms with Crippen LogP contribution in [0.25, 0.3) is 10.8 Å². The van der Waals surface area contributed by atoms with Gasteiger partial charge in [0.05, 0.1) is 43.6 Å². The summed E-state index contributed by atoms with van der Waals surface area (Å²) >= 11 is 0. The molecule has 0 aliphatic rings. The third-order valence-corrected chi connectivity index (χ3v) is 5.57. The average Bonchev–Trinajstić information content (AvgIpc) is 2.73. The van der Waals surface area contributed by atoms with Gasteiger partial charge in [-0.15, -0.1) is 0 Å². The third kappa shape index (κ3) is 5.02. The van der Waals surface area contributed by atoms with Crippen molar-refractivity contribution in [1.29, 1.82) is 0 Å². The Hall–Kier alpha value is -2.81. The van der Waals surface area contributed by atoms with Crippen LogP contribution in [0.1, 0.15) is 26.7 Å². The molecule has 164 valence electrons. The minimum absolute atomic E-state index is 0.122. The molecule has 0 N–H and O–H groups in total. The molecule has 8 nitrogen and oxygen atoms in total. The smallest absolute Gasteiger partial charge is 0.318 e. The van der Waals surface area contributed by atoms with Crippen LogP contribution in [0, 0.1) is 0 Å². The lowest BCUT2D eigenvalue weighted by molar-refractivity contribution is -0.137. The van der Waals surface area contributed by atoms with Crippen molar-refractivity contribution >= 4 is 33.5 Å². The van der Waals surface area contributed by atoms with Crippen molar-refractivity contribution in [1.82, 2.24) is 0 Å². The van der Waals surface area contributed by atoms with E-state index in [0.29, 0.717) is 28.0 Å². The van der Waals surface area contributed by atoms with Crippen molar-refractivity contribution in [3.8, 4) is 23.0 Å². The normalized spacial score (nSPS) is 11.6. The minimum Gasteiger partial charge on any atom is -0.490 e. The van der Waals surface area contributed by atoms with Crippen LogP contribution >= 0.6 is 0 Å². The van der Waals surface area contributed by atoms with Gasteiger partial charge in [0.15, 0.2) is 11.5 Å². The van der Waals surface area contributed by atoms with Gasteiger partial charge in [-0.05, 0) is 12.5 Å². The van der Waals surface area contributed by atoms with Crippen LogP contribution in [0.2, 0.25) is 0 Å². The first-order valence-corrected chi connectivity index (χ1v) is 10.7. The number of carbonyl (C=O) groups is 2. The van der Waals surface area contributed by atoms with E-state index in [4.69, 9.17) is 18.9 Å². The first-order valence-electron chi connectivity index (χ1n) is 9.36. The summed E-state index contributed by atoms with van der Waals surface area (Å²) in [5, 5.41) is 0.870. The molecule has 2 rings (SSSR count). The SMILES string of the molecule is CCCCOc1c(OC)c(OC)c(OC(C)=O)c2cccc(S(=O)CC(=O)OC)c12. The maximum absolute atomic E-state index is 13.0. The van der Waals surface area contributed by atoms with Crippen molar-refractivity contribution in [2.45, 2.75) is 31.6 Å². The molecule has 9 heteroatoms. The monoisotopic (exact) mass is 438 g/mol. The number of unbranched alkanes of at least 4 members (excludes halogenated alkanes) is 1. The molecule has 0 radical (unpaired) electrons.